The van der Waals surface area contributed by atoms with E-state index in [0.29, 0.717) is 15.8 Å². The number of hydrogen-bond donors (Lipinski definition) is 2. The predicted octanol–water partition coefficient (Wildman–Crippen LogP) is 5.34. The average Bonchev–Trinajstić information content (AvgIpc) is 2.77. The maximum atomic E-state index is 12.9. The Balaban J connectivity index is 1.84. The lowest BCUT2D eigenvalue weighted by atomic mass is 9.88. The summed E-state index contributed by atoms with van der Waals surface area (Å²) in [5.41, 5.74) is 2.44. The smallest absolute Gasteiger partial charge is 0.326 e. The molecule has 0 bridgehead atoms. The Bertz CT molecular complexity index is 1050. The number of carboxylic acids is 1. The Morgan fingerprint density at radius 2 is 1.56 bits per heavy atom. The summed E-state index contributed by atoms with van der Waals surface area (Å²) in [7, 11) is 1.58. The van der Waals surface area contributed by atoms with Crippen LogP contribution in [0.15, 0.2) is 72.8 Å². The third-order valence-corrected chi connectivity index (χ3v) is 5.55. The van der Waals surface area contributed by atoms with Crippen molar-refractivity contribution < 1.29 is 19.4 Å². The van der Waals surface area contributed by atoms with Crippen LogP contribution < -0.4 is 10.1 Å². The second-order valence-corrected chi connectivity index (χ2v) is 8.25. The van der Waals surface area contributed by atoms with Crippen molar-refractivity contribution in [2.24, 2.45) is 0 Å². The van der Waals surface area contributed by atoms with E-state index in [0.717, 1.165) is 16.7 Å². The van der Waals surface area contributed by atoms with Gasteiger partial charge in [-0.05, 0) is 47.0 Å². The third kappa shape index (κ3) is 6.49. The Kier molecular flexibility index (Phi) is 8.14. The number of aliphatic carboxylic acids is 1. The maximum absolute atomic E-state index is 12.9. The minimum Gasteiger partial charge on any atom is -0.497 e. The highest BCUT2D eigenvalue weighted by molar-refractivity contribution is 6.34. The number of rotatable bonds is 9. The van der Waals surface area contributed by atoms with Gasteiger partial charge in [0.15, 0.2) is 0 Å². The van der Waals surface area contributed by atoms with E-state index < -0.39 is 12.0 Å². The van der Waals surface area contributed by atoms with E-state index in [-0.39, 0.29) is 24.7 Å². The molecule has 0 radical (unpaired) electrons. The molecule has 3 aromatic rings. The number of hydrogen-bond acceptors (Lipinski definition) is 3. The highest BCUT2D eigenvalue weighted by atomic mass is 35.5. The van der Waals surface area contributed by atoms with E-state index in [1.54, 1.807) is 25.3 Å². The number of carbonyl (C=O) groups is 2. The van der Waals surface area contributed by atoms with Crippen molar-refractivity contribution in [1.29, 1.82) is 0 Å². The number of methoxy groups -OCH3 is 1. The fourth-order valence-electron chi connectivity index (χ4n) is 3.53. The maximum Gasteiger partial charge on any atom is 0.326 e. The van der Waals surface area contributed by atoms with Gasteiger partial charge in [-0.1, -0.05) is 65.7 Å². The van der Waals surface area contributed by atoms with Crippen LogP contribution in [0.2, 0.25) is 10.0 Å². The summed E-state index contributed by atoms with van der Waals surface area (Å²) in [6.45, 7) is 0. The van der Waals surface area contributed by atoms with Crippen LogP contribution in [-0.2, 0) is 16.0 Å². The van der Waals surface area contributed by atoms with Gasteiger partial charge in [-0.2, -0.15) is 0 Å². The fraction of sp³-hybridized carbons (Fsp3) is 0.200. The second kappa shape index (κ2) is 11.0. The minimum atomic E-state index is -1.09. The number of carbonyl (C=O) groups excluding carboxylic acids is 1. The van der Waals surface area contributed by atoms with Crippen molar-refractivity contribution in [3.05, 3.63) is 99.5 Å². The molecule has 0 saturated carbocycles. The first-order valence-corrected chi connectivity index (χ1v) is 10.8. The number of amides is 1. The Morgan fingerprint density at radius 1 is 0.938 bits per heavy atom. The molecule has 3 aromatic carbocycles. The van der Waals surface area contributed by atoms with Crippen LogP contribution >= 0.6 is 23.2 Å². The molecule has 0 aromatic heterocycles. The summed E-state index contributed by atoms with van der Waals surface area (Å²) in [6.07, 6.45) is 0.222. The highest BCUT2D eigenvalue weighted by Crippen LogP contribution is 2.33. The van der Waals surface area contributed by atoms with Gasteiger partial charge in [0.05, 0.1) is 7.11 Å². The number of carboxylic acid groups (broad SMARTS) is 1. The summed E-state index contributed by atoms with van der Waals surface area (Å²) in [5.74, 6) is -1.16. The molecule has 0 heterocycles. The predicted molar refractivity (Wildman–Crippen MR) is 126 cm³/mol. The molecule has 0 aliphatic rings. The number of nitrogens with one attached hydrogen (secondary N) is 1. The van der Waals surface area contributed by atoms with Gasteiger partial charge in [-0.15, -0.1) is 0 Å². The minimum absolute atomic E-state index is 0.0293. The van der Waals surface area contributed by atoms with Crippen molar-refractivity contribution in [3.8, 4) is 5.75 Å². The highest BCUT2D eigenvalue weighted by Gasteiger charge is 2.24. The van der Waals surface area contributed by atoms with Crippen LogP contribution in [0.4, 0.5) is 0 Å². The molecule has 7 heteroatoms. The number of ether oxygens (including phenoxy) is 1. The zero-order valence-corrected chi connectivity index (χ0v) is 18.9. The molecule has 166 valence electrons. The molecule has 0 saturated heterocycles. The summed E-state index contributed by atoms with van der Waals surface area (Å²) in [6, 6.07) is 20.6. The van der Waals surface area contributed by atoms with Crippen LogP contribution in [0.5, 0.6) is 5.75 Å². The van der Waals surface area contributed by atoms with Crippen molar-refractivity contribution in [2.75, 3.05) is 7.11 Å². The largest absolute Gasteiger partial charge is 0.497 e. The van der Waals surface area contributed by atoms with E-state index in [1.165, 1.54) is 0 Å². The van der Waals surface area contributed by atoms with E-state index in [1.807, 2.05) is 54.6 Å². The lowest BCUT2D eigenvalue weighted by Gasteiger charge is -2.21. The average molecular weight is 472 g/mol. The molecular weight excluding hydrogens is 449 g/mol. The molecule has 2 N–H and O–H groups in total. The number of benzene rings is 3. The molecule has 3 rings (SSSR count). The standard InChI is InChI=1S/C25H23Cl2NO4/c1-32-21-9-7-17(8-10-21)22(18-12-19(26)14-20(27)13-18)15-24(29)28-23(25(30)31)11-16-5-3-2-4-6-16/h2-10,12-14,22-23H,11,15H2,1H3,(H,28,29)(H,30,31)/t22?,23-/m0/s1. The van der Waals surface area contributed by atoms with Gasteiger partial charge < -0.3 is 15.2 Å². The number of halogens is 2. The fourth-order valence-corrected chi connectivity index (χ4v) is 4.07. The van der Waals surface area contributed by atoms with Crippen LogP contribution in [0, 0.1) is 0 Å². The quantitative estimate of drug-likeness (QED) is 0.441. The normalized spacial score (nSPS) is 12.6. The molecule has 0 aliphatic heterocycles. The zero-order chi connectivity index (χ0) is 23.1. The molecular formula is C25H23Cl2NO4. The van der Waals surface area contributed by atoms with Gasteiger partial charge in [0.1, 0.15) is 11.8 Å². The summed E-state index contributed by atoms with van der Waals surface area (Å²) >= 11 is 12.4. The first kappa shape index (κ1) is 23.6. The Hall–Kier alpha value is -3.02. The zero-order valence-electron chi connectivity index (χ0n) is 17.4. The third-order valence-electron chi connectivity index (χ3n) is 5.11. The van der Waals surface area contributed by atoms with Crippen LogP contribution in [0.1, 0.15) is 29.0 Å². The molecule has 0 spiro atoms. The molecule has 0 aliphatic carbocycles. The van der Waals surface area contributed by atoms with Gasteiger partial charge in [0, 0.05) is 28.8 Å². The van der Waals surface area contributed by atoms with E-state index >= 15 is 0 Å². The topological polar surface area (TPSA) is 75.6 Å². The first-order chi connectivity index (χ1) is 15.4. The summed E-state index contributed by atoms with van der Waals surface area (Å²) < 4.78 is 5.22. The van der Waals surface area contributed by atoms with E-state index in [2.05, 4.69) is 5.32 Å². The van der Waals surface area contributed by atoms with Crippen molar-refractivity contribution >= 4 is 35.1 Å². The monoisotopic (exact) mass is 471 g/mol. The van der Waals surface area contributed by atoms with Crippen molar-refractivity contribution in [1.82, 2.24) is 5.32 Å². The molecule has 32 heavy (non-hydrogen) atoms. The Morgan fingerprint density at radius 3 is 2.12 bits per heavy atom. The van der Waals surface area contributed by atoms with E-state index in [9.17, 15) is 14.7 Å². The SMILES string of the molecule is COc1ccc(C(CC(=O)N[C@@H](Cc2ccccc2)C(=O)O)c2cc(Cl)cc(Cl)c2)cc1. The van der Waals surface area contributed by atoms with Gasteiger partial charge >= 0.3 is 5.97 Å². The summed E-state index contributed by atoms with van der Waals surface area (Å²) in [4.78, 5) is 24.7. The molecule has 1 amide bonds. The van der Waals surface area contributed by atoms with Gasteiger partial charge in [-0.3, -0.25) is 4.79 Å². The van der Waals surface area contributed by atoms with Crippen LogP contribution in [0.25, 0.3) is 0 Å². The lowest BCUT2D eigenvalue weighted by Crippen LogP contribution is -2.42. The van der Waals surface area contributed by atoms with Gasteiger partial charge in [-0.25, -0.2) is 4.79 Å². The van der Waals surface area contributed by atoms with E-state index in [4.69, 9.17) is 27.9 Å². The molecule has 5 nitrogen and oxygen atoms in total. The Labute approximate surface area is 196 Å². The van der Waals surface area contributed by atoms with Crippen molar-refractivity contribution in [2.45, 2.75) is 24.8 Å². The van der Waals surface area contributed by atoms with Crippen LogP contribution in [0.3, 0.4) is 0 Å². The van der Waals surface area contributed by atoms with Gasteiger partial charge in [0.2, 0.25) is 5.91 Å². The summed E-state index contributed by atoms with van der Waals surface area (Å²) in [5, 5.41) is 13.2. The van der Waals surface area contributed by atoms with Crippen LogP contribution in [-0.4, -0.2) is 30.1 Å². The second-order valence-electron chi connectivity index (χ2n) is 7.38. The molecule has 2 atom stereocenters. The lowest BCUT2D eigenvalue weighted by molar-refractivity contribution is -0.141. The van der Waals surface area contributed by atoms with Gasteiger partial charge in [0.25, 0.3) is 0 Å². The molecule has 0 fully saturated rings. The molecule has 1 unspecified atom stereocenters. The van der Waals surface area contributed by atoms with Crippen molar-refractivity contribution in [3.63, 3.8) is 0 Å². The first-order valence-electron chi connectivity index (χ1n) is 10.0.